The Bertz CT molecular complexity index is 722. The van der Waals surface area contributed by atoms with Gasteiger partial charge in [-0.15, -0.1) is 0 Å². The van der Waals surface area contributed by atoms with Crippen LogP contribution in [-0.2, 0) is 6.42 Å². The summed E-state index contributed by atoms with van der Waals surface area (Å²) in [5.74, 6) is 0. The second-order valence-corrected chi connectivity index (χ2v) is 8.59. The van der Waals surface area contributed by atoms with E-state index in [9.17, 15) is 15.3 Å². The van der Waals surface area contributed by atoms with Crippen LogP contribution >= 0.6 is 0 Å². The van der Waals surface area contributed by atoms with E-state index >= 15 is 0 Å². The number of aliphatic hydroxyl groups is 3. The van der Waals surface area contributed by atoms with Crippen molar-refractivity contribution in [1.29, 1.82) is 0 Å². The normalized spacial score (nSPS) is 22.7. The summed E-state index contributed by atoms with van der Waals surface area (Å²) >= 11 is 0. The van der Waals surface area contributed by atoms with Crippen molar-refractivity contribution in [1.82, 2.24) is 0 Å². The van der Waals surface area contributed by atoms with Gasteiger partial charge in [0.2, 0.25) is 0 Å². The number of hydrogen-bond donors (Lipinski definition) is 3. The van der Waals surface area contributed by atoms with Gasteiger partial charge in [-0.1, -0.05) is 56.3 Å². The molecule has 0 aromatic heterocycles. The lowest BCUT2D eigenvalue weighted by Crippen LogP contribution is -2.26. The van der Waals surface area contributed by atoms with Crippen molar-refractivity contribution < 1.29 is 15.3 Å². The van der Waals surface area contributed by atoms with E-state index in [1.165, 1.54) is 16.7 Å². The molecule has 0 amide bonds. The summed E-state index contributed by atoms with van der Waals surface area (Å²) in [5.41, 5.74) is 4.82. The van der Waals surface area contributed by atoms with E-state index in [0.717, 1.165) is 43.3 Å². The van der Waals surface area contributed by atoms with Gasteiger partial charge in [-0.2, -0.15) is 0 Å². The maximum absolute atomic E-state index is 10.0. The Kier molecular flexibility index (Phi) is 8.23. The molecule has 1 aromatic rings. The lowest BCUT2D eigenvalue weighted by Gasteiger charge is -2.26. The van der Waals surface area contributed by atoms with Gasteiger partial charge in [0.1, 0.15) is 0 Å². The Morgan fingerprint density at radius 2 is 2.00 bits per heavy atom. The lowest BCUT2D eigenvalue weighted by atomic mass is 9.85. The lowest BCUT2D eigenvalue weighted by molar-refractivity contribution is 0.0682. The van der Waals surface area contributed by atoms with Crippen LogP contribution in [0.25, 0.3) is 5.57 Å². The molecule has 2 rings (SSSR count). The molecule has 3 heteroatoms. The highest BCUT2D eigenvalue weighted by molar-refractivity contribution is 5.68. The molecule has 1 aromatic carbocycles. The highest BCUT2D eigenvalue weighted by Gasteiger charge is 2.24. The van der Waals surface area contributed by atoms with Crippen molar-refractivity contribution >= 4 is 5.57 Å². The molecule has 1 fully saturated rings. The number of aryl methyl sites for hydroxylation is 1. The molecule has 2 atom stereocenters. The van der Waals surface area contributed by atoms with E-state index < -0.39 is 17.8 Å². The molecular formula is C25H36O3. The van der Waals surface area contributed by atoms with Crippen LogP contribution in [0, 0.1) is 0 Å². The number of hydrogen-bond acceptors (Lipinski definition) is 3. The largest absolute Gasteiger partial charge is 0.393 e. The number of unbranched alkanes of at least 4 members (excludes halogenated alkanes) is 1. The first-order valence-corrected chi connectivity index (χ1v) is 10.5. The standard InChI is InChI=1S/C25H36O3/c1-5-20(12-13-21-16-23(26)17-24(27)18(21)2)22-11-8-10-19(15-22)9-6-7-14-25(3,4)28/h8,10-13,15,23-24,26-28H,2,5-7,9,14,16-17H2,1,3-4H3. The van der Waals surface area contributed by atoms with Crippen LogP contribution in [0.2, 0.25) is 0 Å². The minimum atomic E-state index is -0.652. The van der Waals surface area contributed by atoms with Gasteiger partial charge in [0.25, 0.3) is 0 Å². The summed E-state index contributed by atoms with van der Waals surface area (Å²) < 4.78 is 0. The van der Waals surface area contributed by atoms with Gasteiger partial charge in [0, 0.05) is 6.42 Å². The quantitative estimate of drug-likeness (QED) is 0.555. The number of aliphatic hydroxyl groups excluding tert-OH is 2. The predicted molar refractivity (Wildman–Crippen MR) is 117 cm³/mol. The minimum absolute atomic E-state index is 0.371. The zero-order valence-electron chi connectivity index (χ0n) is 17.6. The number of allylic oxidation sites excluding steroid dienone is 3. The molecule has 1 aliphatic rings. The molecule has 0 bridgehead atoms. The molecule has 0 aliphatic heterocycles. The van der Waals surface area contributed by atoms with Crippen LogP contribution in [0.4, 0.5) is 0 Å². The summed E-state index contributed by atoms with van der Waals surface area (Å²) in [6.45, 7) is 9.84. The zero-order chi connectivity index (χ0) is 20.7. The Labute approximate surface area is 170 Å². The van der Waals surface area contributed by atoms with Gasteiger partial charge < -0.3 is 15.3 Å². The fraction of sp³-hybridized carbons (Fsp3) is 0.520. The molecule has 3 N–H and O–H groups in total. The summed E-state index contributed by atoms with van der Waals surface area (Å²) in [6, 6.07) is 8.64. The summed E-state index contributed by atoms with van der Waals surface area (Å²) in [7, 11) is 0. The predicted octanol–water partition coefficient (Wildman–Crippen LogP) is 4.96. The molecule has 1 saturated carbocycles. The Balaban J connectivity index is 2.08. The highest BCUT2D eigenvalue weighted by Crippen LogP contribution is 2.29. The molecule has 154 valence electrons. The van der Waals surface area contributed by atoms with Crippen molar-refractivity contribution in [2.24, 2.45) is 0 Å². The van der Waals surface area contributed by atoms with Crippen molar-refractivity contribution in [2.75, 3.05) is 0 Å². The minimum Gasteiger partial charge on any atom is -0.393 e. The van der Waals surface area contributed by atoms with Crippen LogP contribution in [0.1, 0.15) is 70.4 Å². The maximum Gasteiger partial charge on any atom is 0.0811 e. The van der Waals surface area contributed by atoms with E-state index in [2.05, 4.69) is 43.8 Å². The van der Waals surface area contributed by atoms with E-state index in [0.29, 0.717) is 12.8 Å². The third-order valence-corrected chi connectivity index (χ3v) is 5.43. The van der Waals surface area contributed by atoms with Crippen LogP contribution in [-0.4, -0.2) is 33.1 Å². The van der Waals surface area contributed by atoms with Crippen molar-refractivity contribution in [2.45, 2.75) is 83.5 Å². The Morgan fingerprint density at radius 3 is 2.68 bits per heavy atom. The van der Waals surface area contributed by atoms with Gasteiger partial charge in [-0.3, -0.25) is 0 Å². The SMILES string of the molecule is C=C1C(=CC=C(CC)c2cccc(CCCCC(C)(C)O)c2)CC(O)CC1O. The van der Waals surface area contributed by atoms with Crippen molar-refractivity contribution in [3.8, 4) is 0 Å². The van der Waals surface area contributed by atoms with E-state index in [-0.39, 0.29) is 0 Å². The molecule has 0 radical (unpaired) electrons. The molecule has 2 unspecified atom stereocenters. The van der Waals surface area contributed by atoms with Crippen molar-refractivity contribution in [3.63, 3.8) is 0 Å². The van der Waals surface area contributed by atoms with Gasteiger partial charge in [0.15, 0.2) is 0 Å². The molecular weight excluding hydrogens is 348 g/mol. The molecule has 28 heavy (non-hydrogen) atoms. The smallest absolute Gasteiger partial charge is 0.0811 e. The van der Waals surface area contributed by atoms with Gasteiger partial charge >= 0.3 is 0 Å². The van der Waals surface area contributed by atoms with Gasteiger partial charge in [-0.05, 0) is 73.8 Å². The van der Waals surface area contributed by atoms with E-state index in [1.807, 2.05) is 19.9 Å². The summed E-state index contributed by atoms with van der Waals surface area (Å²) in [4.78, 5) is 0. The fourth-order valence-electron chi connectivity index (χ4n) is 3.69. The molecule has 1 aliphatic carbocycles. The number of benzene rings is 1. The van der Waals surface area contributed by atoms with Crippen molar-refractivity contribution in [3.05, 3.63) is 65.3 Å². The molecule has 0 spiro atoms. The first-order chi connectivity index (χ1) is 13.2. The molecule has 0 saturated heterocycles. The number of rotatable bonds is 8. The summed E-state index contributed by atoms with van der Waals surface area (Å²) in [6.07, 6.45) is 8.68. The highest BCUT2D eigenvalue weighted by atomic mass is 16.3. The monoisotopic (exact) mass is 384 g/mol. The van der Waals surface area contributed by atoms with Crippen LogP contribution in [0.5, 0.6) is 0 Å². The summed E-state index contributed by atoms with van der Waals surface area (Å²) in [5, 5.41) is 29.8. The third kappa shape index (κ3) is 7.05. The van der Waals surface area contributed by atoms with E-state index in [1.54, 1.807) is 0 Å². The Hall–Kier alpha value is -1.68. The second-order valence-electron chi connectivity index (χ2n) is 8.59. The fourth-order valence-corrected chi connectivity index (χ4v) is 3.69. The average molecular weight is 385 g/mol. The van der Waals surface area contributed by atoms with E-state index in [4.69, 9.17) is 0 Å². The second kappa shape index (κ2) is 10.2. The molecule has 3 nitrogen and oxygen atoms in total. The van der Waals surface area contributed by atoms with Crippen LogP contribution in [0.3, 0.4) is 0 Å². The maximum atomic E-state index is 10.0. The van der Waals surface area contributed by atoms with Crippen LogP contribution < -0.4 is 0 Å². The first kappa shape index (κ1) is 22.6. The molecule has 0 heterocycles. The Morgan fingerprint density at radius 1 is 1.25 bits per heavy atom. The third-order valence-electron chi connectivity index (χ3n) is 5.43. The van der Waals surface area contributed by atoms with Crippen LogP contribution in [0.15, 0.2) is 54.1 Å². The van der Waals surface area contributed by atoms with Gasteiger partial charge in [0.05, 0.1) is 17.8 Å². The van der Waals surface area contributed by atoms with Gasteiger partial charge in [-0.25, -0.2) is 0 Å². The first-order valence-electron chi connectivity index (χ1n) is 10.5. The average Bonchev–Trinajstić information content (AvgIpc) is 2.63. The zero-order valence-corrected chi connectivity index (χ0v) is 17.6. The topological polar surface area (TPSA) is 60.7 Å².